The Labute approximate surface area is 126 Å². The number of nitrogens with one attached hydrogen (secondary N) is 1. The number of hydrogen-bond donors (Lipinski definition) is 1. The smallest absolute Gasteiger partial charge is 0.173 e. The minimum Gasteiger partial charge on any atom is -0.350 e. The lowest BCUT2D eigenvalue weighted by Crippen LogP contribution is -2.01. The number of ketones is 1. The van der Waals surface area contributed by atoms with Gasteiger partial charge in [-0.05, 0) is 24.3 Å². The highest BCUT2D eigenvalue weighted by Crippen LogP contribution is 2.24. The van der Waals surface area contributed by atoms with Gasteiger partial charge in [-0.2, -0.15) is 0 Å². The number of thioether (sulfide) groups is 1. The van der Waals surface area contributed by atoms with E-state index < -0.39 is 0 Å². The summed E-state index contributed by atoms with van der Waals surface area (Å²) in [6, 6.07) is 17.2. The molecule has 0 aliphatic carbocycles. The molecule has 0 unspecified atom stereocenters. The fraction of sp³-hybridized carbons (Fsp3) is 0.0625. The summed E-state index contributed by atoms with van der Waals surface area (Å²) in [5.41, 5.74) is 1.74. The van der Waals surface area contributed by atoms with Gasteiger partial charge < -0.3 is 4.98 Å². The fourth-order valence-electron chi connectivity index (χ4n) is 2.01. The summed E-state index contributed by atoms with van der Waals surface area (Å²) in [5.74, 6) is 0.476. The molecule has 0 fully saturated rings. The molecule has 0 saturated carbocycles. The maximum Gasteiger partial charge on any atom is 0.173 e. The van der Waals surface area contributed by atoms with Crippen molar-refractivity contribution in [3.8, 4) is 0 Å². The van der Waals surface area contributed by atoms with Crippen LogP contribution in [0.25, 0.3) is 10.9 Å². The first-order valence-corrected chi connectivity index (χ1v) is 7.58. The first-order chi connectivity index (χ1) is 9.72. The van der Waals surface area contributed by atoms with Crippen LogP contribution < -0.4 is 0 Å². The third-order valence-electron chi connectivity index (χ3n) is 3.01. The molecule has 0 atom stereocenters. The molecule has 4 heteroatoms. The zero-order valence-electron chi connectivity index (χ0n) is 10.6. The maximum absolute atomic E-state index is 12.1. The van der Waals surface area contributed by atoms with E-state index >= 15 is 0 Å². The second kappa shape index (κ2) is 5.73. The Morgan fingerprint density at radius 3 is 2.75 bits per heavy atom. The third-order valence-corrected chi connectivity index (χ3v) is 4.18. The number of benzene rings is 2. The lowest BCUT2D eigenvalue weighted by molar-refractivity contribution is 0.102. The molecule has 1 N–H and O–H groups in total. The molecule has 0 amide bonds. The molecule has 100 valence electrons. The molecule has 2 nitrogen and oxygen atoms in total. The summed E-state index contributed by atoms with van der Waals surface area (Å²) in [4.78, 5) is 15.4. The number of aromatic amines is 1. The average Bonchev–Trinajstić information content (AvgIpc) is 2.87. The number of fused-ring (bicyclic) bond motifs is 1. The number of halogens is 1. The van der Waals surface area contributed by atoms with E-state index in [-0.39, 0.29) is 5.78 Å². The molecule has 0 saturated heterocycles. The van der Waals surface area contributed by atoms with Gasteiger partial charge >= 0.3 is 0 Å². The molecule has 0 spiro atoms. The SMILES string of the molecule is O=C(CSc1cc2ccccc2[nH]1)c1cccc(Cl)c1. The number of carbonyl (C=O) groups is 1. The predicted molar refractivity (Wildman–Crippen MR) is 84.8 cm³/mol. The van der Waals surface area contributed by atoms with Gasteiger partial charge in [-0.1, -0.05) is 41.9 Å². The van der Waals surface area contributed by atoms with Crippen molar-refractivity contribution in [2.45, 2.75) is 5.03 Å². The van der Waals surface area contributed by atoms with E-state index in [1.165, 1.54) is 11.8 Å². The van der Waals surface area contributed by atoms with E-state index in [1.807, 2.05) is 18.2 Å². The van der Waals surface area contributed by atoms with Gasteiger partial charge in [0.15, 0.2) is 5.78 Å². The number of hydrogen-bond acceptors (Lipinski definition) is 2. The highest BCUT2D eigenvalue weighted by Gasteiger charge is 2.08. The Balaban J connectivity index is 1.71. The van der Waals surface area contributed by atoms with E-state index in [4.69, 9.17) is 11.6 Å². The van der Waals surface area contributed by atoms with Crippen LogP contribution in [0.1, 0.15) is 10.4 Å². The normalized spacial score (nSPS) is 10.8. The first kappa shape index (κ1) is 13.3. The van der Waals surface area contributed by atoms with Crippen LogP contribution in [0.15, 0.2) is 59.6 Å². The van der Waals surface area contributed by atoms with Crippen LogP contribution in [0.2, 0.25) is 5.02 Å². The van der Waals surface area contributed by atoms with Crippen LogP contribution in [-0.4, -0.2) is 16.5 Å². The van der Waals surface area contributed by atoms with Gasteiger partial charge in [-0.3, -0.25) is 4.79 Å². The Hall–Kier alpha value is -1.71. The van der Waals surface area contributed by atoms with Gasteiger partial charge in [-0.25, -0.2) is 0 Å². The van der Waals surface area contributed by atoms with Crippen molar-refractivity contribution < 1.29 is 4.79 Å². The van der Waals surface area contributed by atoms with Crippen molar-refractivity contribution >= 4 is 40.0 Å². The van der Waals surface area contributed by atoms with E-state index in [0.29, 0.717) is 16.3 Å². The minimum atomic E-state index is 0.0798. The van der Waals surface area contributed by atoms with Gasteiger partial charge in [0, 0.05) is 21.5 Å². The Morgan fingerprint density at radius 1 is 1.10 bits per heavy atom. The van der Waals surface area contributed by atoms with Gasteiger partial charge in [0.2, 0.25) is 0 Å². The largest absolute Gasteiger partial charge is 0.350 e. The summed E-state index contributed by atoms with van der Waals surface area (Å²) in [6.07, 6.45) is 0. The van der Waals surface area contributed by atoms with Crippen LogP contribution >= 0.6 is 23.4 Å². The lowest BCUT2D eigenvalue weighted by atomic mass is 10.1. The molecule has 1 aromatic heterocycles. The lowest BCUT2D eigenvalue weighted by Gasteiger charge is -2.00. The molecule has 20 heavy (non-hydrogen) atoms. The molecule has 2 aromatic carbocycles. The molecule has 0 bridgehead atoms. The number of H-pyrrole nitrogens is 1. The standard InChI is InChI=1S/C16H12ClNOS/c17-13-6-3-5-12(8-13)15(19)10-20-16-9-11-4-1-2-7-14(11)18-16/h1-9,18H,10H2. The molecule has 3 aromatic rings. The predicted octanol–water partition coefficient (Wildman–Crippen LogP) is 4.80. The van der Waals surface area contributed by atoms with Gasteiger partial charge in [0.25, 0.3) is 0 Å². The molecular formula is C16H12ClNOS. The number of aromatic nitrogens is 1. The van der Waals surface area contributed by atoms with Crippen LogP contribution in [0.4, 0.5) is 0 Å². The number of rotatable bonds is 4. The number of para-hydroxylation sites is 1. The van der Waals surface area contributed by atoms with E-state index in [0.717, 1.165) is 15.9 Å². The quantitative estimate of drug-likeness (QED) is 0.555. The first-order valence-electron chi connectivity index (χ1n) is 6.22. The van der Waals surface area contributed by atoms with E-state index in [1.54, 1.807) is 24.3 Å². The molecule has 0 aliphatic heterocycles. The summed E-state index contributed by atoms with van der Waals surface area (Å²) in [7, 11) is 0. The summed E-state index contributed by atoms with van der Waals surface area (Å²) in [5, 5.41) is 2.75. The molecule has 1 heterocycles. The van der Waals surface area contributed by atoms with Gasteiger partial charge in [0.05, 0.1) is 10.8 Å². The average molecular weight is 302 g/mol. The zero-order valence-corrected chi connectivity index (χ0v) is 12.2. The fourth-order valence-corrected chi connectivity index (χ4v) is 3.05. The zero-order chi connectivity index (χ0) is 13.9. The van der Waals surface area contributed by atoms with Crippen molar-refractivity contribution in [1.82, 2.24) is 4.98 Å². The van der Waals surface area contributed by atoms with Crippen molar-refractivity contribution in [2.75, 3.05) is 5.75 Å². The third kappa shape index (κ3) is 2.89. The second-order valence-corrected chi connectivity index (χ2v) is 5.90. The molecular weight excluding hydrogens is 290 g/mol. The van der Waals surface area contributed by atoms with E-state index in [9.17, 15) is 4.79 Å². The number of carbonyl (C=O) groups excluding carboxylic acids is 1. The Morgan fingerprint density at radius 2 is 1.95 bits per heavy atom. The Kier molecular flexibility index (Phi) is 3.81. The van der Waals surface area contributed by atoms with Crippen LogP contribution in [0.3, 0.4) is 0 Å². The molecule has 0 aliphatic rings. The highest BCUT2D eigenvalue weighted by molar-refractivity contribution is 8.00. The number of Topliss-reactive ketones (excluding diaryl/α,β-unsaturated/α-hetero) is 1. The van der Waals surface area contributed by atoms with Crippen molar-refractivity contribution in [2.24, 2.45) is 0 Å². The minimum absolute atomic E-state index is 0.0798. The molecule has 0 radical (unpaired) electrons. The highest BCUT2D eigenvalue weighted by atomic mass is 35.5. The van der Waals surface area contributed by atoms with Crippen molar-refractivity contribution in [1.29, 1.82) is 0 Å². The maximum atomic E-state index is 12.1. The summed E-state index contributed by atoms with van der Waals surface area (Å²) >= 11 is 7.40. The van der Waals surface area contributed by atoms with Crippen molar-refractivity contribution in [3.05, 3.63) is 65.2 Å². The van der Waals surface area contributed by atoms with Gasteiger partial charge in [0.1, 0.15) is 0 Å². The second-order valence-electron chi connectivity index (χ2n) is 4.44. The topological polar surface area (TPSA) is 32.9 Å². The molecule has 3 rings (SSSR count). The van der Waals surface area contributed by atoms with Crippen molar-refractivity contribution in [3.63, 3.8) is 0 Å². The summed E-state index contributed by atoms with van der Waals surface area (Å²) < 4.78 is 0. The monoisotopic (exact) mass is 301 g/mol. The summed E-state index contributed by atoms with van der Waals surface area (Å²) in [6.45, 7) is 0. The van der Waals surface area contributed by atoms with Gasteiger partial charge in [-0.15, -0.1) is 11.8 Å². The Bertz CT molecular complexity index is 733. The van der Waals surface area contributed by atoms with Crippen LogP contribution in [0, 0.1) is 0 Å². The van der Waals surface area contributed by atoms with Crippen LogP contribution in [0.5, 0.6) is 0 Å². The van der Waals surface area contributed by atoms with Crippen LogP contribution in [-0.2, 0) is 0 Å². The van der Waals surface area contributed by atoms with E-state index in [2.05, 4.69) is 17.1 Å².